The van der Waals surface area contributed by atoms with Gasteiger partial charge in [0, 0.05) is 16.3 Å². The zero-order chi connectivity index (χ0) is 28.3. The molecule has 8 nitrogen and oxygen atoms in total. The summed E-state index contributed by atoms with van der Waals surface area (Å²) in [6.07, 6.45) is 1.49. The van der Waals surface area contributed by atoms with Gasteiger partial charge in [-0.1, -0.05) is 62.0 Å². The number of thioether (sulfide) groups is 1. The van der Waals surface area contributed by atoms with E-state index in [-0.39, 0.29) is 22.0 Å². The molecule has 5 rings (SSSR count). The average Bonchev–Trinajstić information content (AvgIpc) is 3.53. The monoisotopic (exact) mass is 573 g/mol. The Morgan fingerprint density at radius 2 is 1.60 bits per heavy atom. The van der Waals surface area contributed by atoms with E-state index in [0.29, 0.717) is 27.9 Å². The molecule has 2 heterocycles. The number of imide groups is 1. The zero-order valence-electron chi connectivity index (χ0n) is 21.8. The highest BCUT2D eigenvalue weighted by atomic mass is 32.2. The lowest BCUT2D eigenvalue weighted by molar-refractivity contribution is -0.138. The van der Waals surface area contributed by atoms with Crippen molar-refractivity contribution in [2.45, 2.75) is 36.1 Å². The Morgan fingerprint density at radius 1 is 0.850 bits per heavy atom. The van der Waals surface area contributed by atoms with Gasteiger partial charge < -0.3 is 9.73 Å². The molecule has 0 saturated heterocycles. The van der Waals surface area contributed by atoms with Crippen LogP contribution in [-0.2, 0) is 26.2 Å². The Labute approximate surface area is 237 Å². The first-order chi connectivity index (χ1) is 19.2. The summed E-state index contributed by atoms with van der Waals surface area (Å²) < 4.78 is 33.6. The fraction of sp³-hybridized carbons (Fsp3) is 0.133. The van der Waals surface area contributed by atoms with Crippen LogP contribution in [0.2, 0.25) is 0 Å². The topological polar surface area (TPSA) is 109 Å². The second-order valence-electron chi connectivity index (χ2n) is 9.43. The van der Waals surface area contributed by atoms with Gasteiger partial charge in [-0.2, -0.15) is 0 Å². The van der Waals surface area contributed by atoms with E-state index in [4.69, 9.17) is 4.42 Å². The highest BCUT2D eigenvalue weighted by molar-refractivity contribution is 8.04. The Bertz CT molecular complexity index is 1660. The molecule has 10 heteroatoms. The minimum Gasteiger partial charge on any atom is -0.467 e. The van der Waals surface area contributed by atoms with Crippen LogP contribution < -0.4 is 10.0 Å². The Kier molecular flexibility index (Phi) is 7.81. The van der Waals surface area contributed by atoms with E-state index in [1.165, 1.54) is 18.4 Å². The van der Waals surface area contributed by atoms with Crippen LogP contribution in [0.4, 0.5) is 11.4 Å². The first-order valence-electron chi connectivity index (χ1n) is 12.6. The van der Waals surface area contributed by atoms with E-state index in [1.54, 1.807) is 54.6 Å². The number of hydrogen-bond acceptors (Lipinski definition) is 7. The molecule has 2 N–H and O–H groups in total. The lowest BCUT2D eigenvalue weighted by Gasteiger charge is -2.14. The molecule has 0 aliphatic carbocycles. The van der Waals surface area contributed by atoms with E-state index in [1.807, 2.05) is 24.3 Å². The van der Waals surface area contributed by atoms with Crippen LogP contribution in [0, 0.1) is 0 Å². The van der Waals surface area contributed by atoms with Crippen molar-refractivity contribution >= 4 is 45.0 Å². The predicted octanol–water partition coefficient (Wildman–Crippen LogP) is 6.19. The highest BCUT2D eigenvalue weighted by Gasteiger charge is 2.39. The van der Waals surface area contributed by atoms with Crippen molar-refractivity contribution in [3.8, 4) is 0 Å². The van der Waals surface area contributed by atoms with Gasteiger partial charge in [-0.25, -0.2) is 8.42 Å². The van der Waals surface area contributed by atoms with Crippen molar-refractivity contribution in [3.05, 3.63) is 119 Å². The summed E-state index contributed by atoms with van der Waals surface area (Å²) >= 11 is 1.09. The Balaban J connectivity index is 1.44. The fourth-order valence-corrected chi connectivity index (χ4v) is 6.19. The van der Waals surface area contributed by atoms with Crippen molar-refractivity contribution < 1.29 is 22.4 Å². The molecule has 4 aromatic rings. The maximum Gasteiger partial charge on any atom is 0.278 e. The van der Waals surface area contributed by atoms with Crippen molar-refractivity contribution in [1.82, 2.24) is 4.90 Å². The molecule has 0 atom stereocenters. The smallest absolute Gasteiger partial charge is 0.278 e. The van der Waals surface area contributed by atoms with E-state index in [2.05, 4.69) is 23.9 Å². The summed E-state index contributed by atoms with van der Waals surface area (Å²) in [6.45, 7) is 4.18. The molecule has 3 aromatic carbocycles. The minimum atomic E-state index is -3.80. The molecule has 1 aromatic heterocycles. The minimum absolute atomic E-state index is 0.0108. The third kappa shape index (κ3) is 5.98. The van der Waals surface area contributed by atoms with Crippen LogP contribution in [0.5, 0.6) is 0 Å². The first kappa shape index (κ1) is 27.3. The lowest BCUT2D eigenvalue weighted by atomic mass is 10.0. The first-order valence-corrected chi connectivity index (χ1v) is 14.9. The van der Waals surface area contributed by atoms with E-state index in [0.717, 1.165) is 22.2 Å². The number of carbonyl (C=O) groups is 2. The quantitative estimate of drug-likeness (QED) is 0.218. The van der Waals surface area contributed by atoms with Crippen LogP contribution in [0.3, 0.4) is 0 Å². The number of nitrogens with one attached hydrogen (secondary N) is 2. The van der Waals surface area contributed by atoms with Gasteiger partial charge in [0.05, 0.1) is 17.7 Å². The number of benzene rings is 3. The third-order valence-corrected chi connectivity index (χ3v) is 8.70. The van der Waals surface area contributed by atoms with Crippen molar-refractivity contribution in [2.24, 2.45) is 0 Å². The molecule has 1 aliphatic rings. The normalized spacial score (nSPS) is 13.8. The van der Waals surface area contributed by atoms with E-state index >= 15 is 0 Å². The number of amides is 2. The van der Waals surface area contributed by atoms with Crippen LogP contribution in [-0.4, -0.2) is 25.1 Å². The highest BCUT2D eigenvalue weighted by Crippen LogP contribution is 2.37. The molecule has 40 heavy (non-hydrogen) atoms. The number of sulfonamides is 1. The molecule has 0 bridgehead atoms. The third-order valence-electron chi connectivity index (χ3n) is 6.23. The molecule has 0 radical (unpaired) electrons. The second-order valence-corrected chi connectivity index (χ2v) is 12.2. The molecule has 0 unspecified atom stereocenters. The number of anilines is 2. The van der Waals surface area contributed by atoms with Crippen molar-refractivity contribution in [3.63, 3.8) is 0 Å². The maximum atomic E-state index is 13.5. The molecule has 0 spiro atoms. The van der Waals surface area contributed by atoms with Gasteiger partial charge in [-0.3, -0.25) is 19.2 Å². The van der Waals surface area contributed by atoms with Gasteiger partial charge in [0.15, 0.2) is 0 Å². The lowest BCUT2D eigenvalue weighted by Crippen LogP contribution is -2.31. The van der Waals surface area contributed by atoms with Crippen molar-refractivity contribution in [2.75, 3.05) is 10.0 Å². The Morgan fingerprint density at radius 3 is 2.27 bits per heavy atom. The molecular weight excluding hydrogens is 546 g/mol. The second kappa shape index (κ2) is 11.4. The zero-order valence-corrected chi connectivity index (χ0v) is 23.5. The summed E-state index contributed by atoms with van der Waals surface area (Å²) in [5, 5.41) is 3.15. The molecule has 0 saturated carbocycles. The van der Waals surface area contributed by atoms with Gasteiger partial charge in [0.25, 0.3) is 21.8 Å². The SMILES string of the molecule is CC(C)c1ccc(NC2=C(Sc3cccc(NS(=O)(=O)c4ccccc4)c3)C(=O)N(Cc3ccco3)C2=O)cc1. The Hall–Kier alpha value is -4.28. The number of rotatable bonds is 10. The van der Waals surface area contributed by atoms with E-state index < -0.39 is 21.8 Å². The van der Waals surface area contributed by atoms with Crippen LogP contribution >= 0.6 is 11.8 Å². The summed E-state index contributed by atoms with van der Waals surface area (Å²) in [4.78, 5) is 29.0. The molecule has 0 fully saturated rings. The number of nitrogens with zero attached hydrogens (tertiary/aromatic N) is 1. The van der Waals surface area contributed by atoms with Gasteiger partial charge in [-0.15, -0.1) is 0 Å². The maximum absolute atomic E-state index is 13.5. The van der Waals surface area contributed by atoms with E-state index in [9.17, 15) is 18.0 Å². The predicted molar refractivity (Wildman–Crippen MR) is 155 cm³/mol. The van der Waals surface area contributed by atoms with Gasteiger partial charge in [0.2, 0.25) is 0 Å². The molecule has 204 valence electrons. The largest absolute Gasteiger partial charge is 0.467 e. The van der Waals surface area contributed by atoms with Crippen LogP contribution in [0.15, 0.2) is 122 Å². The average molecular weight is 574 g/mol. The van der Waals surface area contributed by atoms with Crippen LogP contribution in [0.25, 0.3) is 0 Å². The van der Waals surface area contributed by atoms with Gasteiger partial charge in [-0.05, 0) is 66.1 Å². The summed E-state index contributed by atoms with van der Waals surface area (Å²) in [6, 6.07) is 25.8. The number of hydrogen-bond donors (Lipinski definition) is 2. The standard InChI is InChI=1S/C30H27N3O5S2/c1-20(2)21-13-15-22(16-14-21)31-27-28(30(35)33(29(27)34)19-24-9-7-17-38-24)39-25-10-6-8-23(18-25)32-40(36,37)26-11-4-3-5-12-26/h3-18,20,31-32H,19H2,1-2H3. The molecule has 2 amide bonds. The van der Waals surface area contributed by atoms with Gasteiger partial charge in [0.1, 0.15) is 16.4 Å². The summed E-state index contributed by atoms with van der Waals surface area (Å²) in [7, 11) is -3.80. The fourth-order valence-electron chi connectivity index (χ4n) is 4.11. The summed E-state index contributed by atoms with van der Waals surface area (Å²) in [5.41, 5.74) is 2.30. The summed E-state index contributed by atoms with van der Waals surface area (Å²) in [5.74, 6) is -0.115. The van der Waals surface area contributed by atoms with Crippen LogP contribution in [0.1, 0.15) is 31.1 Å². The number of carbonyl (C=O) groups excluding carboxylic acids is 2. The van der Waals surface area contributed by atoms with Crippen molar-refractivity contribution in [1.29, 1.82) is 0 Å². The molecule has 1 aliphatic heterocycles. The molecular formula is C30H27N3O5S2. The van der Waals surface area contributed by atoms with Gasteiger partial charge >= 0.3 is 0 Å². The number of furan rings is 1.